The maximum absolute atomic E-state index is 12.2. The van der Waals surface area contributed by atoms with Crippen LogP contribution in [0.25, 0.3) is 0 Å². The average Bonchev–Trinajstić information content (AvgIpc) is 2.46. The van der Waals surface area contributed by atoms with Crippen LogP contribution in [0.15, 0.2) is 0 Å². The minimum Gasteiger partial charge on any atom is -0.383 e. The van der Waals surface area contributed by atoms with Gasteiger partial charge in [-0.25, -0.2) is 8.42 Å². The number of hydrogen-bond acceptors (Lipinski definition) is 4. The third-order valence-electron chi connectivity index (χ3n) is 3.55. The number of sulfonamides is 1. The zero-order chi connectivity index (χ0) is 11.6. The molecule has 0 bridgehead atoms. The van der Waals surface area contributed by atoms with E-state index in [0.717, 1.165) is 25.9 Å². The molecule has 2 atom stereocenters. The van der Waals surface area contributed by atoms with Crippen molar-refractivity contribution in [3.63, 3.8) is 0 Å². The third kappa shape index (κ3) is 2.25. The van der Waals surface area contributed by atoms with Crippen LogP contribution in [0.2, 0.25) is 0 Å². The van der Waals surface area contributed by atoms with Crippen molar-refractivity contribution in [2.75, 3.05) is 39.9 Å². The lowest BCUT2D eigenvalue weighted by atomic mass is 10.0. The Hall–Kier alpha value is -0.170. The molecule has 2 rings (SSSR count). The van der Waals surface area contributed by atoms with E-state index in [1.165, 1.54) is 0 Å². The third-order valence-corrected chi connectivity index (χ3v) is 5.99. The minimum absolute atomic E-state index is 0.167. The number of nitrogens with one attached hydrogen (secondary N) is 1. The Morgan fingerprint density at radius 3 is 2.88 bits per heavy atom. The Morgan fingerprint density at radius 1 is 1.38 bits per heavy atom. The molecule has 2 aliphatic rings. The predicted octanol–water partition coefficient (Wildman–Crippen LogP) is -0.354. The van der Waals surface area contributed by atoms with Crippen molar-refractivity contribution in [3.8, 4) is 0 Å². The monoisotopic (exact) mass is 248 g/mol. The van der Waals surface area contributed by atoms with E-state index in [1.807, 2.05) is 0 Å². The second-order valence-electron chi connectivity index (χ2n) is 4.52. The second kappa shape index (κ2) is 5.00. The van der Waals surface area contributed by atoms with Crippen molar-refractivity contribution < 1.29 is 13.2 Å². The number of methoxy groups -OCH3 is 1. The molecule has 0 aromatic heterocycles. The smallest absolute Gasteiger partial charge is 0.217 e. The summed E-state index contributed by atoms with van der Waals surface area (Å²) in [4.78, 5) is 0. The summed E-state index contributed by atoms with van der Waals surface area (Å²) < 4.78 is 31.0. The van der Waals surface area contributed by atoms with Crippen molar-refractivity contribution in [3.05, 3.63) is 0 Å². The standard InChI is InChI=1S/C10H20N2O3S/c1-15-7-6-12-8-9-2-4-11-5-3-10(9)16(12,13)14/h9-11H,2-8H2,1H3/t9-,10-/m1/s1. The summed E-state index contributed by atoms with van der Waals surface area (Å²) in [5.41, 5.74) is 0. The van der Waals surface area contributed by atoms with E-state index in [9.17, 15) is 8.42 Å². The van der Waals surface area contributed by atoms with Crippen molar-refractivity contribution in [2.45, 2.75) is 18.1 Å². The van der Waals surface area contributed by atoms with Gasteiger partial charge in [0.25, 0.3) is 0 Å². The van der Waals surface area contributed by atoms with Gasteiger partial charge in [0.15, 0.2) is 0 Å². The molecule has 16 heavy (non-hydrogen) atoms. The van der Waals surface area contributed by atoms with Crippen LogP contribution in [0, 0.1) is 5.92 Å². The van der Waals surface area contributed by atoms with E-state index in [2.05, 4.69) is 5.32 Å². The van der Waals surface area contributed by atoms with Gasteiger partial charge in [-0.3, -0.25) is 0 Å². The summed E-state index contributed by atoms with van der Waals surface area (Å²) in [7, 11) is -1.47. The van der Waals surface area contributed by atoms with Crippen LogP contribution in [0.5, 0.6) is 0 Å². The highest BCUT2D eigenvalue weighted by molar-refractivity contribution is 7.90. The molecule has 0 aliphatic carbocycles. The fraction of sp³-hybridized carbons (Fsp3) is 1.00. The Bertz CT molecular complexity index is 331. The second-order valence-corrected chi connectivity index (χ2v) is 6.67. The first-order valence-electron chi connectivity index (χ1n) is 5.85. The molecule has 2 saturated heterocycles. The normalized spacial score (nSPS) is 34.6. The molecular formula is C10H20N2O3S. The lowest BCUT2D eigenvalue weighted by molar-refractivity contribution is 0.178. The fourth-order valence-corrected chi connectivity index (χ4v) is 4.88. The summed E-state index contributed by atoms with van der Waals surface area (Å²) in [5.74, 6) is 0.303. The van der Waals surface area contributed by atoms with Gasteiger partial charge in [0, 0.05) is 20.2 Å². The number of hydrogen-bond donors (Lipinski definition) is 1. The van der Waals surface area contributed by atoms with Gasteiger partial charge in [-0.05, 0) is 31.8 Å². The minimum atomic E-state index is -3.07. The van der Waals surface area contributed by atoms with Crippen LogP contribution in [-0.4, -0.2) is 57.9 Å². The SMILES string of the molecule is COCCN1C[C@H]2CCNCC[C@H]2S1(=O)=O. The fourth-order valence-electron chi connectivity index (χ4n) is 2.65. The Kier molecular flexibility index (Phi) is 3.84. The van der Waals surface area contributed by atoms with Crippen molar-refractivity contribution in [2.24, 2.45) is 5.92 Å². The van der Waals surface area contributed by atoms with Crippen molar-refractivity contribution in [1.29, 1.82) is 0 Å². The van der Waals surface area contributed by atoms with Crippen LogP contribution in [0.1, 0.15) is 12.8 Å². The Balaban J connectivity index is 2.09. The predicted molar refractivity (Wildman–Crippen MR) is 61.8 cm³/mol. The van der Waals surface area contributed by atoms with Gasteiger partial charge in [-0.15, -0.1) is 0 Å². The highest BCUT2D eigenvalue weighted by Gasteiger charge is 2.45. The first-order chi connectivity index (χ1) is 7.66. The Morgan fingerprint density at radius 2 is 2.12 bits per heavy atom. The van der Waals surface area contributed by atoms with E-state index in [4.69, 9.17) is 4.74 Å². The Labute approximate surface area is 97.2 Å². The largest absolute Gasteiger partial charge is 0.383 e. The van der Waals surface area contributed by atoms with E-state index < -0.39 is 10.0 Å². The molecule has 5 nitrogen and oxygen atoms in total. The summed E-state index contributed by atoms with van der Waals surface area (Å²) >= 11 is 0. The van der Waals surface area contributed by atoms with Crippen molar-refractivity contribution >= 4 is 10.0 Å². The molecule has 0 amide bonds. The van der Waals surface area contributed by atoms with Gasteiger partial charge >= 0.3 is 0 Å². The molecule has 1 N–H and O–H groups in total. The number of rotatable bonds is 3. The molecular weight excluding hydrogens is 228 g/mol. The number of nitrogens with zero attached hydrogens (tertiary/aromatic N) is 1. The highest BCUT2D eigenvalue weighted by atomic mass is 32.2. The summed E-state index contributed by atoms with van der Waals surface area (Å²) in [6.45, 7) is 3.42. The summed E-state index contributed by atoms with van der Waals surface area (Å²) in [6, 6.07) is 0. The average molecular weight is 248 g/mol. The summed E-state index contributed by atoms with van der Waals surface area (Å²) in [5, 5.41) is 3.10. The van der Waals surface area contributed by atoms with E-state index in [1.54, 1.807) is 11.4 Å². The van der Waals surface area contributed by atoms with E-state index in [0.29, 0.717) is 25.6 Å². The zero-order valence-electron chi connectivity index (χ0n) is 9.68. The molecule has 2 fully saturated rings. The van der Waals surface area contributed by atoms with Crippen LogP contribution < -0.4 is 5.32 Å². The first-order valence-corrected chi connectivity index (χ1v) is 7.35. The molecule has 0 unspecified atom stereocenters. The van der Waals surface area contributed by atoms with Crippen LogP contribution >= 0.6 is 0 Å². The zero-order valence-corrected chi connectivity index (χ0v) is 10.5. The lowest BCUT2D eigenvalue weighted by Gasteiger charge is -2.16. The maximum atomic E-state index is 12.2. The van der Waals surface area contributed by atoms with Crippen molar-refractivity contribution in [1.82, 2.24) is 9.62 Å². The van der Waals surface area contributed by atoms with Crippen LogP contribution in [-0.2, 0) is 14.8 Å². The number of ether oxygens (including phenoxy) is 1. The maximum Gasteiger partial charge on any atom is 0.217 e. The van der Waals surface area contributed by atoms with Crippen LogP contribution in [0.3, 0.4) is 0 Å². The van der Waals surface area contributed by atoms with E-state index >= 15 is 0 Å². The van der Waals surface area contributed by atoms with Gasteiger partial charge in [0.1, 0.15) is 0 Å². The molecule has 0 saturated carbocycles. The quantitative estimate of drug-likeness (QED) is 0.741. The molecule has 2 heterocycles. The molecule has 2 aliphatic heterocycles. The topological polar surface area (TPSA) is 58.6 Å². The van der Waals surface area contributed by atoms with Gasteiger partial charge in [0.05, 0.1) is 11.9 Å². The van der Waals surface area contributed by atoms with Gasteiger partial charge in [-0.1, -0.05) is 0 Å². The van der Waals surface area contributed by atoms with Gasteiger partial charge in [-0.2, -0.15) is 4.31 Å². The molecule has 0 radical (unpaired) electrons. The molecule has 0 spiro atoms. The molecule has 6 heteroatoms. The summed E-state index contributed by atoms with van der Waals surface area (Å²) in [6.07, 6.45) is 1.71. The highest BCUT2D eigenvalue weighted by Crippen LogP contribution is 2.32. The molecule has 94 valence electrons. The number of fused-ring (bicyclic) bond motifs is 1. The van der Waals surface area contributed by atoms with E-state index in [-0.39, 0.29) is 5.25 Å². The first kappa shape index (κ1) is 12.3. The molecule has 0 aromatic rings. The van der Waals surface area contributed by atoms with Crippen LogP contribution in [0.4, 0.5) is 0 Å². The lowest BCUT2D eigenvalue weighted by Crippen LogP contribution is -2.33. The molecule has 0 aromatic carbocycles. The van der Waals surface area contributed by atoms with Gasteiger partial charge < -0.3 is 10.1 Å². The van der Waals surface area contributed by atoms with Gasteiger partial charge in [0.2, 0.25) is 10.0 Å².